The summed E-state index contributed by atoms with van der Waals surface area (Å²) < 4.78 is 38.9. The molecule has 0 aliphatic carbocycles. The summed E-state index contributed by atoms with van der Waals surface area (Å²) >= 11 is 0. The number of carbonyl (C=O) groups is 2. The molecule has 3 atom stereocenters. The Balaban J connectivity index is 1.64. The standard InChI is InChI=1S/C36H42N4O7S/c1-6-46-30-20-24(11-14-29(30)47-21(2)3)32(39-25-12-13-26-23(19-25)15-17-38-34(26)37)35(41)40-18-16-28(36(42)43)33(40)27-9-7-8-10-31(27)48(44,45)22(4)5/h7-15,17,19-22,28,32-33,39H,6,16,18H2,1-5H3,(H2,37,38)(H,42,43)/t28?,32-,33?/m0/s1. The molecule has 0 bridgehead atoms. The summed E-state index contributed by atoms with van der Waals surface area (Å²) in [4.78, 5) is 33.2. The summed E-state index contributed by atoms with van der Waals surface area (Å²) in [5, 5.41) is 14.5. The average molecular weight is 675 g/mol. The molecule has 1 aromatic heterocycles. The molecule has 4 N–H and O–H groups in total. The fourth-order valence-corrected chi connectivity index (χ4v) is 7.45. The lowest BCUT2D eigenvalue weighted by Crippen LogP contribution is -2.40. The number of rotatable bonds is 12. The number of anilines is 2. The molecule has 1 aliphatic heterocycles. The van der Waals surface area contributed by atoms with Gasteiger partial charge in [-0.2, -0.15) is 0 Å². The predicted molar refractivity (Wildman–Crippen MR) is 185 cm³/mol. The van der Waals surface area contributed by atoms with E-state index in [2.05, 4.69) is 10.3 Å². The van der Waals surface area contributed by atoms with Gasteiger partial charge in [0.15, 0.2) is 21.3 Å². The van der Waals surface area contributed by atoms with Crippen LogP contribution >= 0.6 is 0 Å². The van der Waals surface area contributed by atoms with E-state index in [0.29, 0.717) is 35.2 Å². The number of sulfone groups is 1. The number of nitrogens with one attached hydrogen (secondary N) is 1. The summed E-state index contributed by atoms with van der Waals surface area (Å²) in [6.45, 7) is 9.29. The Morgan fingerprint density at radius 2 is 1.79 bits per heavy atom. The third-order valence-electron chi connectivity index (χ3n) is 8.48. The van der Waals surface area contributed by atoms with Crippen LogP contribution in [0.5, 0.6) is 11.5 Å². The van der Waals surface area contributed by atoms with Gasteiger partial charge in [0, 0.05) is 23.8 Å². The number of ether oxygens (including phenoxy) is 2. The molecule has 1 amide bonds. The summed E-state index contributed by atoms with van der Waals surface area (Å²) in [6, 6.07) is 16.9. The lowest BCUT2D eigenvalue weighted by molar-refractivity contribution is -0.143. The van der Waals surface area contributed by atoms with Crippen molar-refractivity contribution in [2.45, 2.75) is 69.4 Å². The van der Waals surface area contributed by atoms with Crippen molar-refractivity contribution in [3.63, 3.8) is 0 Å². The number of hydrogen-bond acceptors (Lipinski definition) is 9. The van der Waals surface area contributed by atoms with Crippen molar-refractivity contribution in [1.29, 1.82) is 0 Å². The van der Waals surface area contributed by atoms with Gasteiger partial charge in [0.1, 0.15) is 11.9 Å². The fraction of sp³-hybridized carbons (Fsp3) is 0.361. The average Bonchev–Trinajstić information content (AvgIpc) is 3.50. The molecule has 4 aromatic rings. The van der Waals surface area contributed by atoms with Gasteiger partial charge in [0.05, 0.1) is 34.8 Å². The second-order valence-electron chi connectivity index (χ2n) is 12.4. The highest BCUT2D eigenvalue weighted by Crippen LogP contribution is 2.43. The van der Waals surface area contributed by atoms with Crippen molar-refractivity contribution in [3.8, 4) is 11.5 Å². The minimum atomic E-state index is -3.81. The first kappa shape index (κ1) is 34.5. The van der Waals surface area contributed by atoms with Gasteiger partial charge in [-0.25, -0.2) is 13.4 Å². The molecule has 5 rings (SSSR count). The SMILES string of the molecule is CCOc1cc([C@H](Nc2ccc3c(N)nccc3c2)C(=O)N2CCC(C(=O)O)C2c2ccccc2S(=O)(=O)C(C)C)ccc1OC(C)C. The van der Waals surface area contributed by atoms with E-state index >= 15 is 0 Å². The number of hydrogen-bond donors (Lipinski definition) is 3. The first-order valence-corrected chi connectivity index (χ1v) is 17.6. The van der Waals surface area contributed by atoms with Gasteiger partial charge in [-0.1, -0.05) is 24.3 Å². The summed E-state index contributed by atoms with van der Waals surface area (Å²) in [6.07, 6.45) is 1.64. The number of likely N-dealkylation sites (tertiary alicyclic amines) is 1. The summed E-state index contributed by atoms with van der Waals surface area (Å²) in [7, 11) is -3.81. The third kappa shape index (κ3) is 6.89. The largest absolute Gasteiger partial charge is 0.490 e. The number of carboxylic acids is 1. The molecule has 0 saturated carbocycles. The minimum Gasteiger partial charge on any atom is -0.490 e. The number of carboxylic acid groups (broad SMARTS) is 1. The van der Waals surface area contributed by atoms with Crippen molar-refractivity contribution in [3.05, 3.63) is 84.1 Å². The molecular weight excluding hydrogens is 632 g/mol. The topological polar surface area (TPSA) is 161 Å². The first-order chi connectivity index (χ1) is 22.8. The number of benzene rings is 3. The van der Waals surface area contributed by atoms with Crippen LogP contribution in [0.15, 0.2) is 77.8 Å². The quantitative estimate of drug-likeness (QED) is 0.162. The maximum Gasteiger partial charge on any atom is 0.309 e. The Bertz CT molecular complexity index is 1930. The highest BCUT2D eigenvalue weighted by Gasteiger charge is 2.46. The van der Waals surface area contributed by atoms with Crippen LogP contribution in [-0.4, -0.2) is 59.8 Å². The van der Waals surface area contributed by atoms with Crippen molar-refractivity contribution < 1.29 is 32.6 Å². The number of aliphatic carboxylic acids is 1. The molecule has 2 heterocycles. The van der Waals surface area contributed by atoms with Crippen molar-refractivity contribution in [1.82, 2.24) is 9.88 Å². The number of aromatic nitrogens is 1. The molecule has 2 unspecified atom stereocenters. The van der Waals surface area contributed by atoms with Crippen LogP contribution in [0.4, 0.5) is 11.5 Å². The van der Waals surface area contributed by atoms with E-state index in [0.717, 1.165) is 10.8 Å². The van der Waals surface area contributed by atoms with Gasteiger partial charge in [0.25, 0.3) is 0 Å². The Morgan fingerprint density at radius 3 is 2.48 bits per heavy atom. The minimum absolute atomic E-state index is 0.0232. The Kier molecular flexibility index (Phi) is 10.1. The number of nitrogens with zero attached hydrogens (tertiary/aromatic N) is 2. The van der Waals surface area contributed by atoms with Crippen molar-refractivity contribution >= 4 is 44.0 Å². The van der Waals surface area contributed by atoms with Gasteiger partial charge in [0.2, 0.25) is 5.91 Å². The second-order valence-corrected chi connectivity index (χ2v) is 14.8. The zero-order valence-corrected chi connectivity index (χ0v) is 28.5. The van der Waals surface area contributed by atoms with E-state index in [9.17, 15) is 23.1 Å². The Morgan fingerprint density at radius 1 is 1.04 bits per heavy atom. The van der Waals surface area contributed by atoms with E-state index < -0.39 is 45.0 Å². The molecule has 254 valence electrons. The lowest BCUT2D eigenvalue weighted by Gasteiger charge is -2.33. The van der Waals surface area contributed by atoms with Crippen LogP contribution in [0.2, 0.25) is 0 Å². The van der Waals surface area contributed by atoms with Crippen LogP contribution in [0, 0.1) is 5.92 Å². The predicted octanol–water partition coefficient (Wildman–Crippen LogP) is 6.01. The van der Waals surface area contributed by atoms with Crippen LogP contribution in [0.1, 0.15) is 64.3 Å². The van der Waals surface area contributed by atoms with Gasteiger partial charge < -0.3 is 30.5 Å². The van der Waals surface area contributed by atoms with Gasteiger partial charge in [-0.05, 0) is 100 Å². The molecule has 11 nitrogen and oxygen atoms in total. The van der Waals surface area contributed by atoms with Crippen LogP contribution in [0.25, 0.3) is 10.8 Å². The maximum absolute atomic E-state index is 14.9. The highest BCUT2D eigenvalue weighted by atomic mass is 32.2. The van der Waals surface area contributed by atoms with E-state index in [1.54, 1.807) is 62.5 Å². The highest BCUT2D eigenvalue weighted by molar-refractivity contribution is 7.92. The Labute approximate surface area is 281 Å². The first-order valence-electron chi connectivity index (χ1n) is 16.0. The van der Waals surface area contributed by atoms with Gasteiger partial charge >= 0.3 is 5.97 Å². The molecule has 48 heavy (non-hydrogen) atoms. The fourth-order valence-electron chi connectivity index (χ4n) is 6.16. The number of pyridine rings is 1. The molecule has 3 aromatic carbocycles. The van der Waals surface area contributed by atoms with Crippen LogP contribution in [0.3, 0.4) is 0 Å². The van der Waals surface area contributed by atoms with E-state index in [1.807, 2.05) is 39.0 Å². The molecular formula is C36H42N4O7S. The zero-order valence-electron chi connectivity index (χ0n) is 27.7. The lowest BCUT2D eigenvalue weighted by atomic mass is 9.93. The summed E-state index contributed by atoms with van der Waals surface area (Å²) in [5.74, 6) is -1.19. The monoisotopic (exact) mass is 674 g/mol. The number of amides is 1. The molecule has 1 aliphatic rings. The molecule has 0 radical (unpaired) electrons. The van der Waals surface area contributed by atoms with E-state index in [-0.39, 0.29) is 29.5 Å². The van der Waals surface area contributed by atoms with Gasteiger partial charge in [-0.3, -0.25) is 9.59 Å². The maximum atomic E-state index is 14.9. The molecule has 1 fully saturated rings. The van der Waals surface area contributed by atoms with Gasteiger partial charge in [-0.15, -0.1) is 0 Å². The summed E-state index contributed by atoms with van der Waals surface area (Å²) in [5.41, 5.74) is 7.53. The van der Waals surface area contributed by atoms with E-state index in [4.69, 9.17) is 15.2 Å². The van der Waals surface area contributed by atoms with Crippen molar-refractivity contribution in [2.75, 3.05) is 24.2 Å². The number of nitrogens with two attached hydrogens (primary N) is 1. The second kappa shape index (κ2) is 14.1. The Hall–Kier alpha value is -4.84. The smallest absolute Gasteiger partial charge is 0.309 e. The number of nitrogen functional groups attached to an aromatic ring is 1. The normalized spacial score (nSPS) is 17.1. The molecule has 12 heteroatoms. The third-order valence-corrected chi connectivity index (χ3v) is 10.7. The number of fused-ring (bicyclic) bond motifs is 1. The molecule has 1 saturated heterocycles. The van der Waals surface area contributed by atoms with Crippen molar-refractivity contribution in [2.24, 2.45) is 5.92 Å². The van der Waals surface area contributed by atoms with Crippen LogP contribution < -0.4 is 20.5 Å². The van der Waals surface area contributed by atoms with E-state index in [1.165, 1.54) is 11.0 Å². The molecule has 0 spiro atoms. The zero-order chi connectivity index (χ0) is 34.7. The van der Waals surface area contributed by atoms with Crippen LogP contribution in [-0.2, 0) is 19.4 Å². The number of carbonyl (C=O) groups excluding carboxylic acids is 1.